The zero-order valence-electron chi connectivity index (χ0n) is 13.1. The number of nitrogens with zero attached hydrogens (tertiary/aromatic N) is 3. The molecule has 0 bridgehead atoms. The van der Waals surface area contributed by atoms with Crippen LogP contribution in [0.4, 0.5) is 5.82 Å². The van der Waals surface area contributed by atoms with Crippen LogP contribution in [-0.2, 0) is 4.74 Å². The molecule has 1 aliphatic carbocycles. The first-order valence-electron chi connectivity index (χ1n) is 8.17. The quantitative estimate of drug-likeness (QED) is 0.923. The lowest BCUT2D eigenvalue weighted by atomic mass is 10.1. The van der Waals surface area contributed by atoms with Crippen LogP contribution in [-0.4, -0.2) is 46.7 Å². The molecular formula is C16H26N4O. The molecule has 5 heteroatoms. The SMILES string of the molecule is CC(C)Nc1ccnc([C@H]2COCCN2C2CCCC2)n1. The molecule has 1 atom stereocenters. The Balaban J connectivity index is 1.79. The van der Waals surface area contributed by atoms with Crippen LogP contribution in [0.15, 0.2) is 12.3 Å². The second kappa shape index (κ2) is 6.71. The molecule has 2 aliphatic rings. The molecule has 0 radical (unpaired) electrons. The third-order valence-corrected chi connectivity index (χ3v) is 4.37. The van der Waals surface area contributed by atoms with E-state index in [2.05, 4.69) is 29.0 Å². The largest absolute Gasteiger partial charge is 0.378 e. The molecule has 2 heterocycles. The molecule has 1 aliphatic heterocycles. The minimum Gasteiger partial charge on any atom is -0.378 e. The Bertz CT molecular complexity index is 459. The van der Waals surface area contributed by atoms with Gasteiger partial charge in [-0.1, -0.05) is 12.8 Å². The summed E-state index contributed by atoms with van der Waals surface area (Å²) in [6, 6.07) is 3.20. The minimum atomic E-state index is 0.204. The first-order valence-corrected chi connectivity index (χ1v) is 8.17. The lowest BCUT2D eigenvalue weighted by Gasteiger charge is -2.38. The fraction of sp³-hybridized carbons (Fsp3) is 0.750. The number of morpholine rings is 1. The smallest absolute Gasteiger partial charge is 0.150 e. The van der Waals surface area contributed by atoms with E-state index in [1.807, 2.05) is 12.3 Å². The van der Waals surface area contributed by atoms with Gasteiger partial charge in [-0.05, 0) is 32.8 Å². The molecule has 21 heavy (non-hydrogen) atoms. The maximum atomic E-state index is 5.71. The second-order valence-corrected chi connectivity index (χ2v) is 6.37. The summed E-state index contributed by atoms with van der Waals surface area (Å²) in [6.07, 6.45) is 7.17. The van der Waals surface area contributed by atoms with Crippen LogP contribution in [0.25, 0.3) is 0 Å². The Morgan fingerprint density at radius 2 is 2.14 bits per heavy atom. The number of aromatic nitrogens is 2. The predicted octanol–water partition coefficient (Wildman–Crippen LogP) is 2.61. The third kappa shape index (κ3) is 3.52. The lowest BCUT2D eigenvalue weighted by molar-refractivity contribution is -0.0320. The van der Waals surface area contributed by atoms with E-state index in [1.54, 1.807) is 0 Å². The molecule has 0 amide bonds. The number of rotatable bonds is 4. The van der Waals surface area contributed by atoms with Crippen LogP contribution >= 0.6 is 0 Å². The van der Waals surface area contributed by atoms with Gasteiger partial charge in [-0.2, -0.15) is 0 Å². The van der Waals surface area contributed by atoms with Gasteiger partial charge in [0, 0.05) is 24.8 Å². The fourth-order valence-corrected chi connectivity index (χ4v) is 3.42. The van der Waals surface area contributed by atoms with Crippen LogP contribution in [0.1, 0.15) is 51.4 Å². The molecule has 2 fully saturated rings. The normalized spacial score (nSPS) is 24.6. The van der Waals surface area contributed by atoms with Crippen molar-refractivity contribution in [2.45, 2.75) is 57.7 Å². The van der Waals surface area contributed by atoms with E-state index in [9.17, 15) is 0 Å². The number of nitrogens with one attached hydrogen (secondary N) is 1. The van der Waals surface area contributed by atoms with E-state index in [0.717, 1.165) is 24.8 Å². The Labute approximate surface area is 127 Å². The molecule has 5 nitrogen and oxygen atoms in total. The Kier molecular flexibility index (Phi) is 4.70. The van der Waals surface area contributed by atoms with E-state index in [4.69, 9.17) is 9.72 Å². The summed E-state index contributed by atoms with van der Waals surface area (Å²) >= 11 is 0. The Morgan fingerprint density at radius 3 is 2.90 bits per heavy atom. The lowest BCUT2D eigenvalue weighted by Crippen LogP contribution is -2.45. The second-order valence-electron chi connectivity index (χ2n) is 6.37. The first kappa shape index (κ1) is 14.7. The van der Waals surface area contributed by atoms with Crippen LogP contribution in [0, 0.1) is 0 Å². The summed E-state index contributed by atoms with van der Waals surface area (Å²) < 4.78 is 5.71. The molecule has 1 saturated heterocycles. The number of hydrogen-bond acceptors (Lipinski definition) is 5. The van der Waals surface area contributed by atoms with Gasteiger partial charge in [-0.25, -0.2) is 9.97 Å². The summed E-state index contributed by atoms with van der Waals surface area (Å²) in [5.41, 5.74) is 0. The highest BCUT2D eigenvalue weighted by atomic mass is 16.5. The average molecular weight is 290 g/mol. The van der Waals surface area contributed by atoms with Gasteiger partial charge in [0.05, 0.1) is 19.3 Å². The standard InChI is InChI=1S/C16H26N4O/c1-12(2)18-15-7-8-17-16(19-15)14-11-21-10-9-20(14)13-5-3-4-6-13/h7-8,12-14H,3-6,9-11H2,1-2H3,(H,17,18,19)/t14-/m1/s1. The predicted molar refractivity (Wildman–Crippen MR) is 83.3 cm³/mol. The van der Waals surface area contributed by atoms with Crippen molar-refractivity contribution in [3.05, 3.63) is 18.1 Å². The van der Waals surface area contributed by atoms with Crippen molar-refractivity contribution in [1.29, 1.82) is 0 Å². The maximum absolute atomic E-state index is 5.71. The van der Waals surface area contributed by atoms with Gasteiger partial charge in [-0.3, -0.25) is 4.90 Å². The molecule has 1 aromatic rings. The summed E-state index contributed by atoms with van der Waals surface area (Å²) in [6.45, 7) is 6.78. The summed E-state index contributed by atoms with van der Waals surface area (Å²) in [5.74, 6) is 1.80. The zero-order valence-corrected chi connectivity index (χ0v) is 13.1. The maximum Gasteiger partial charge on any atom is 0.150 e. The highest BCUT2D eigenvalue weighted by Gasteiger charge is 2.33. The van der Waals surface area contributed by atoms with Crippen LogP contribution < -0.4 is 5.32 Å². The molecule has 116 valence electrons. The fourth-order valence-electron chi connectivity index (χ4n) is 3.42. The molecule has 1 aromatic heterocycles. The van der Waals surface area contributed by atoms with E-state index in [-0.39, 0.29) is 6.04 Å². The molecular weight excluding hydrogens is 264 g/mol. The van der Waals surface area contributed by atoms with Gasteiger partial charge in [-0.15, -0.1) is 0 Å². The molecule has 0 unspecified atom stereocenters. The average Bonchev–Trinajstić information content (AvgIpc) is 3.01. The van der Waals surface area contributed by atoms with Crippen molar-refractivity contribution in [3.63, 3.8) is 0 Å². The van der Waals surface area contributed by atoms with Crippen molar-refractivity contribution in [2.75, 3.05) is 25.1 Å². The van der Waals surface area contributed by atoms with Crippen LogP contribution in [0.3, 0.4) is 0 Å². The molecule has 3 rings (SSSR count). The molecule has 1 N–H and O–H groups in total. The van der Waals surface area contributed by atoms with Gasteiger partial charge in [0.25, 0.3) is 0 Å². The van der Waals surface area contributed by atoms with E-state index < -0.39 is 0 Å². The van der Waals surface area contributed by atoms with Crippen molar-refractivity contribution >= 4 is 5.82 Å². The third-order valence-electron chi connectivity index (χ3n) is 4.37. The van der Waals surface area contributed by atoms with E-state index in [1.165, 1.54) is 25.7 Å². The monoisotopic (exact) mass is 290 g/mol. The molecule has 1 saturated carbocycles. The van der Waals surface area contributed by atoms with Crippen molar-refractivity contribution in [3.8, 4) is 0 Å². The zero-order chi connectivity index (χ0) is 14.7. The summed E-state index contributed by atoms with van der Waals surface area (Å²) in [7, 11) is 0. The topological polar surface area (TPSA) is 50.3 Å². The van der Waals surface area contributed by atoms with Crippen molar-refractivity contribution < 1.29 is 4.74 Å². The number of anilines is 1. The number of ether oxygens (including phenoxy) is 1. The summed E-state index contributed by atoms with van der Waals surface area (Å²) in [4.78, 5) is 11.8. The van der Waals surface area contributed by atoms with Gasteiger partial charge < -0.3 is 10.1 Å². The Hall–Kier alpha value is -1.20. The first-order chi connectivity index (χ1) is 10.2. The van der Waals surface area contributed by atoms with Gasteiger partial charge >= 0.3 is 0 Å². The minimum absolute atomic E-state index is 0.204. The van der Waals surface area contributed by atoms with E-state index >= 15 is 0 Å². The van der Waals surface area contributed by atoms with Crippen LogP contribution in [0.5, 0.6) is 0 Å². The van der Waals surface area contributed by atoms with Crippen molar-refractivity contribution in [2.24, 2.45) is 0 Å². The van der Waals surface area contributed by atoms with Crippen LogP contribution in [0.2, 0.25) is 0 Å². The summed E-state index contributed by atoms with van der Waals surface area (Å²) in [5, 5.41) is 3.36. The highest BCUT2D eigenvalue weighted by Crippen LogP contribution is 2.31. The van der Waals surface area contributed by atoms with Gasteiger partial charge in [0.1, 0.15) is 11.6 Å². The van der Waals surface area contributed by atoms with Crippen molar-refractivity contribution in [1.82, 2.24) is 14.9 Å². The molecule has 0 aromatic carbocycles. The highest BCUT2D eigenvalue weighted by molar-refractivity contribution is 5.34. The Morgan fingerprint density at radius 1 is 1.33 bits per heavy atom. The van der Waals surface area contributed by atoms with Gasteiger partial charge in [0.15, 0.2) is 0 Å². The van der Waals surface area contributed by atoms with Gasteiger partial charge in [0.2, 0.25) is 0 Å². The number of hydrogen-bond donors (Lipinski definition) is 1. The van der Waals surface area contributed by atoms with E-state index in [0.29, 0.717) is 18.7 Å². The molecule has 0 spiro atoms.